The maximum atomic E-state index is 12.1. The summed E-state index contributed by atoms with van der Waals surface area (Å²) < 4.78 is 6.27. The molecule has 0 unspecified atom stereocenters. The predicted molar refractivity (Wildman–Crippen MR) is 90.6 cm³/mol. The first kappa shape index (κ1) is 16.4. The molecule has 1 aliphatic rings. The summed E-state index contributed by atoms with van der Waals surface area (Å²) in [5.74, 6) is -1.35. The van der Waals surface area contributed by atoms with E-state index in [9.17, 15) is 14.4 Å². The van der Waals surface area contributed by atoms with Gasteiger partial charge in [-0.3, -0.25) is 19.7 Å². The number of fused-ring (bicyclic) bond motifs is 1. The zero-order valence-corrected chi connectivity index (χ0v) is 14.5. The lowest BCUT2D eigenvalue weighted by Gasteiger charge is -2.08. The number of imide groups is 1. The fourth-order valence-corrected chi connectivity index (χ4v) is 2.85. The van der Waals surface area contributed by atoms with Gasteiger partial charge in [0.25, 0.3) is 11.8 Å². The molecule has 1 aliphatic heterocycles. The van der Waals surface area contributed by atoms with E-state index in [1.165, 1.54) is 0 Å². The van der Waals surface area contributed by atoms with E-state index in [-0.39, 0.29) is 18.6 Å². The molecular formula is C18H14BrNO4. The fraction of sp³-hybridized carbons (Fsp3) is 0.167. The lowest BCUT2D eigenvalue weighted by atomic mass is 10.0. The molecule has 122 valence electrons. The number of hydrogen-bond acceptors (Lipinski definition) is 4. The number of carbonyl (C=O) groups excluding carboxylic acids is 3. The van der Waals surface area contributed by atoms with E-state index in [4.69, 9.17) is 4.74 Å². The van der Waals surface area contributed by atoms with Crippen molar-refractivity contribution in [2.75, 3.05) is 0 Å². The molecule has 6 heteroatoms. The van der Waals surface area contributed by atoms with Crippen LogP contribution < -0.4 is 5.32 Å². The van der Waals surface area contributed by atoms with Crippen LogP contribution in [0.5, 0.6) is 0 Å². The van der Waals surface area contributed by atoms with Crippen molar-refractivity contribution in [1.29, 1.82) is 0 Å². The lowest BCUT2D eigenvalue weighted by molar-refractivity contribution is -0.144. The van der Waals surface area contributed by atoms with Crippen molar-refractivity contribution < 1.29 is 19.1 Å². The molecule has 2 amide bonds. The van der Waals surface area contributed by atoms with Crippen LogP contribution in [0, 0.1) is 6.92 Å². The highest BCUT2D eigenvalue weighted by Crippen LogP contribution is 2.21. The Bertz CT molecular complexity index is 860. The molecule has 1 N–H and O–H groups in total. The van der Waals surface area contributed by atoms with Crippen molar-refractivity contribution >= 4 is 33.7 Å². The number of rotatable bonds is 4. The first-order chi connectivity index (χ1) is 11.5. The number of esters is 1. The van der Waals surface area contributed by atoms with Crippen molar-refractivity contribution in [1.82, 2.24) is 5.32 Å². The number of hydrogen-bond donors (Lipinski definition) is 1. The van der Waals surface area contributed by atoms with E-state index in [2.05, 4.69) is 21.2 Å². The first-order valence-electron chi connectivity index (χ1n) is 7.34. The first-order valence-corrected chi connectivity index (χ1v) is 8.13. The summed E-state index contributed by atoms with van der Waals surface area (Å²) in [5.41, 5.74) is 3.00. The molecule has 0 atom stereocenters. The summed E-state index contributed by atoms with van der Waals surface area (Å²) in [6.07, 6.45) is -0.0562. The highest BCUT2D eigenvalue weighted by atomic mass is 79.9. The minimum absolute atomic E-state index is 0.0562. The average molecular weight is 388 g/mol. The second kappa shape index (κ2) is 6.57. The third kappa shape index (κ3) is 3.23. The Balaban J connectivity index is 1.69. The molecule has 0 saturated carbocycles. The number of benzene rings is 2. The number of nitrogens with one attached hydrogen (secondary N) is 1. The maximum absolute atomic E-state index is 12.1. The molecule has 0 aliphatic carbocycles. The van der Waals surface area contributed by atoms with Crippen LogP contribution in [0.3, 0.4) is 0 Å². The van der Waals surface area contributed by atoms with E-state index in [0.717, 1.165) is 15.6 Å². The number of ether oxygens (including phenoxy) is 1. The van der Waals surface area contributed by atoms with Gasteiger partial charge in [-0.15, -0.1) is 0 Å². The Morgan fingerprint density at radius 3 is 2.71 bits per heavy atom. The van der Waals surface area contributed by atoms with E-state index in [1.54, 1.807) is 18.2 Å². The smallest absolute Gasteiger partial charge is 0.310 e. The molecule has 2 aromatic rings. The SMILES string of the molecule is Cc1cc(COC(=O)Cc2cccc3c2C(=O)NC3=O)ccc1Br. The number of carbonyl (C=O) groups is 3. The van der Waals surface area contributed by atoms with Crippen molar-refractivity contribution in [3.63, 3.8) is 0 Å². The van der Waals surface area contributed by atoms with Crippen LogP contribution >= 0.6 is 15.9 Å². The van der Waals surface area contributed by atoms with E-state index < -0.39 is 17.8 Å². The van der Waals surface area contributed by atoms with Crippen LogP contribution in [0.15, 0.2) is 40.9 Å². The normalized spacial score (nSPS) is 12.8. The van der Waals surface area contributed by atoms with E-state index in [0.29, 0.717) is 11.1 Å². The summed E-state index contributed by atoms with van der Waals surface area (Å²) in [7, 11) is 0. The number of amides is 2. The topological polar surface area (TPSA) is 72.5 Å². The molecule has 1 heterocycles. The third-order valence-electron chi connectivity index (χ3n) is 3.81. The van der Waals surface area contributed by atoms with Gasteiger partial charge in [0.05, 0.1) is 17.5 Å². The second-order valence-electron chi connectivity index (χ2n) is 5.54. The van der Waals surface area contributed by atoms with Gasteiger partial charge in [0.1, 0.15) is 6.61 Å². The molecule has 3 rings (SSSR count). The highest BCUT2D eigenvalue weighted by Gasteiger charge is 2.29. The van der Waals surface area contributed by atoms with Crippen molar-refractivity contribution in [2.45, 2.75) is 20.0 Å². The van der Waals surface area contributed by atoms with Crippen LogP contribution in [-0.2, 0) is 22.6 Å². The molecule has 24 heavy (non-hydrogen) atoms. The molecule has 0 radical (unpaired) electrons. The van der Waals surface area contributed by atoms with Crippen LogP contribution in [-0.4, -0.2) is 17.8 Å². The summed E-state index contributed by atoms with van der Waals surface area (Å²) in [5, 5.41) is 2.23. The summed E-state index contributed by atoms with van der Waals surface area (Å²) >= 11 is 3.42. The summed E-state index contributed by atoms with van der Waals surface area (Å²) in [6, 6.07) is 10.6. The molecular weight excluding hydrogens is 374 g/mol. The quantitative estimate of drug-likeness (QED) is 0.646. The summed E-state index contributed by atoms with van der Waals surface area (Å²) in [6.45, 7) is 2.12. The molecule has 0 saturated heterocycles. The Labute approximate surface area is 147 Å². The van der Waals surface area contributed by atoms with Crippen LogP contribution in [0.25, 0.3) is 0 Å². The molecule has 0 aromatic heterocycles. The van der Waals surface area contributed by atoms with Crippen LogP contribution in [0.1, 0.15) is 37.4 Å². The molecule has 5 nitrogen and oxygen atoms in total. The van der Waals surface area contributed by atoms with Gasteiger partial charge in [0.15, 0.2) is 0 Å². The van der Waals surface area contributed by atoms with Crippen LogP contribution in [0.4, 0.5) is 0 Å². The molecule has 0 fully saturated rings. The highest BCUT2D eigenvalue weighted by molar-refractivity contribution is 9.10. The predicted octanol–water partition coefficient (Wildman–Crippen LogP) is 2.93. The Morgan fingerprint density at radius 1 is 1.17 bits per heavy atom. The third-order valence-corrected chi connectivity index (χ3v) is 4.70. The largest absolute Gasteiger partial charge is 0.461 e. The minimum Gasteiger partial charge on any atom is -0.461 e. The Morgan fingerprint density at radius 2 is 1.96 bits per heavy atom. The summed E-state index contributed by atoms with van der Waals surface area (Å²) in [4.78, 5) is 35.5. The van der Waals surface area contributed by atoms with E-state index in [1.807, 2.05) is 25.1 Å². The average Bonchev–Trinajstić information content (AvgIpc) is 2.84. The Hall–Kier alpha value is -2.47. The number of halogens is 1. The van der Waals surface area contributed by atoms with Crippen LogP contribution in [0.2, 0.25) is 0 Å². The fourth-order valence-electron chi connectivity index (χ4n) is 2.60. The van der Waals surface area contributed by atoms with Gasteiger partial charge in [0, 0.05) is 4.47 Å². The Kier molecular flexibility index (Phi) is 4.49. The molecule has 0 bridgehead atoms. The monoisotopic (exact) mass is 387 g/mol. The second-order valence-corrected chi connectivity index (χ2v) is 6.40. The van der Waals surface area contributed by atoms with Gasteiger partial charge in [-0.1, -0.05) is 40.2 Å². The van der Waals surface area contributed by atoms with E-state index >= 15 is 0 Å². The van der Waals surface area contributed by atoms with Gasteiger partial charge in [0.2, 0.25) is 0 Å². The number of aryl methyl sites for hydroxylation is 1. The van der Waals surface area contributed by atoms with Gasteiger partial charge >= 0.3 is 5.97 Å². The van der Waals surface area contributed by atoms with Gasteiger partial charge < -0.3 is 4.74 Å². The maximum Gasteiger partial charge on any atom is 0.310 e. The van der Waals surface area contributed by atoms with Gasteiger partial charge in [-0.25, -0.2) is 0 Å². The van der Waals surface area contributed by atoms with Crippen molar-refractivity contribution in [3.8, 4) is 0 Å². The van der Waals surface area contributed by atoms with Gasteiger partial charge in [-0.05, 0) is 35.7 Å². The zero-order chi connectivity index (χ0) is 17.3. The standard InChI is InChI=1S/C18H14BrNO4/c1-10-7-11(5-6-14(10)19)9-24-15(21)8-12-3-2-4-13-16(12)18(23)20-17(13)22/h2-7H,8-9H2,1H3,(H,20,22,23). The van der Waals surface area contributed by atoms with Crippen molar-refractivity contribution in [3.05, 3.63) is 68.7 Å². The van der Waals surface area contributed by atoms with Gasteiger partial charge in [-0.2, -0.15) is 0 Å². The minimum atomic E-state index is -0.470. The zero-order valence-electron chi connectivity index (χ0n) is 12.9. The molecule has 0 spiro atoms. The molecule has 2 aromatic carbocycles. The lowest BCUT2D eigenvalue weighted by Crippen LogP contribution is -2.20. The van der Waals surface area contributed by atoms with Crippen molar-refractivity contribution in [2.24, 2.45) is 0 Å².